The van der Waals surface area contributed by atoms with Gasteiger partial charge in [-0.25, -0.2) is 8.42 Å². The van der Waals surface area contributed by atoms with Crippen LogP contribution in [0.15, 0.2) is 18.2 Å². The Labute approximate surface area is 125 Å². The Bertz CT molecular complexity index is 628. The second-order valence-electron chi connectivity index (χ2n) is 5.35. The molecule has 0 radical (unpaired) electrons. The summed E-state index contributed by atoms with van der Waals surface area (Å²) in [5.74, 6) is -0.730. The number of carbonyl (C=O) groups excluding carboxylic acids is 1. The molecule has 1 amide bonds. The van der Waals surface area contributed by atoms with Gasteiger partial charge in [-0.1, -0.05) is 0 Å². The second-order valence-corrected chi connectivity index (χ2v) is 7.65. The Hall–Kier alpha value is -1.76. The van der Waals surface area contributed by atoms with Crippen LogP contribution in [0.25, 0.3) is 0 Å². The molecule has 0 spiro atoms. The van der Waals surface area contributed by atoms with Crippen molar-refractivity contribution in [3.05, 3.63) is 23.8 Å². The van der Waals surface area contributed by atoms with E-state index < -0.39 is 15.7 Å². The van der Waals surface area contributed by atoms with Gasteiger partial charge in [-0.15, -0.1) is 0 Å². The number of aryl methyl sites for hydroxylation is 1. The summed E-state index contributed by atoms with van der Waals surface area (Å²) in [6, 6.07) is 5.72. The zero-order chi connectivity index (χ0) is 15.5. The highest BCUT2D eigenvalue weighted by molar-refractivity contribution is 7.91. The molecule has 116 valence electrons. The lowest BCUT2D eigenvalue weighted by molar-refractivity contribution is -0.117. The Morgan fingerprint density at radius 2 is 2.05 bits per heavy atom. The lowest BCUT2D eigenvalue weighted by Gasteiger charge is -2.31. The molecule has 0 aromatic heterocycles. The molecule has 4 N–H and O–H groups in total. The Balaban J connectivity index is 2.00. The fourth-order valence-corrected chi connectivity index (χ4v) is 3.75. The predicted molar refractivity (Wildman–Crippen MR) is 83.9 cm³/mol. The average Bonchev–Trinajstić information content (AvgIpc) is 2.43. The van der Waals surface area contributed by atoms with E-state index in [1.54, 1.807) is 0 Å². The number of fused-ring (bicyclic) bond motifs is 1. The van der Waals surface area contributed by atoms with Crippen molar-refractivity contribution in [3.63, 3.8) is 0 Å². The summed E-state index contributed by atoms with van der Waals surface area (Å²) in [6.07, 6.45) is 1.83. The minimum atomic E-state index is -3.25. The summed E-state index contributed by atoms with van der Waals surface area (Å²) in [7, 11) is -3.25. The maximum atomic E-state index is 11.9. The van der Waals surface area contributed by atoms with E-state index in [0.717, 1.165) is 36.3 Å². The molecule has 1 aromatic carbocycles. The molecule has 0 saturated heterocycles. The first kappa shape index (κ1) is 15.6. The molecule has 0 saturated carbocycles. The van der Waals surface area contributed by atoms with Crippen molar-refractivity contribution in [2.45, 2.75) is 19.3 Å². The molecule has 2 rings (SSSR count). The van der Waals surface area contributed by atoms with Crippen LogP contribution in [0.2, 0.25) is 0 Å². The molecule has 1 aliphatic rings. The minimum Gasteiger partial charge on any atom is -0.399 e. The quantitative estimate of drug-likeness (QED) is 0.735. The third-order valence-electron chi connectivity index (χ3n) is 3.65. The van der Waals surface area contributed by atoms with E-state index in [9.17, 15) is 13.2 Å². The van der Waals surface area contributed by atoms with E-state index in [1.165, 1.54) is 0 Å². The van der Waals surface area contributed by atoms with Gasteiger partial charge in [-0.3, -0.25) is 4.79 Å². The molecular formula is C14H21N3O3S. The van der Waals surface area contributed by atoms with E-state index >= 15 is 0 Å². The molecule has 1 aromatic rings. The monoisotopic (exact) mass is 311 g/mol. The highest BCUT2D eigenvalue weighted by Crippen LogP contribution is 2.28. The van der Waals surface area contributed by atoms with Crippen molar-refractivity contribution in [1.29, 1.82) is 0 Å². The molecule has 1 aliphatic heterocycles. The number of hydrogen-bond acceptors (Lipinski definition) is 5. The van der Waals surface area contributed by atoms with Crippen LogP contribution in [-0.2, 0) is 21.1 Å². The Morgan fingerprint density at radius 3 is 2.76 bits per heavy atom. The van der Waals surface area contributed by atoms with Crippen molar-refractivity contribution in [2.75, 3.05) is 35.2 Å². The van der Waals surface area contributed by atoms with Crippen LogP contribution in [0.4, 0.5) is 11.4 Å². The van der Waals surface area contributed by atoms with Gasteiger partial charge in [0.15, 0.2) is 9.84 Å². The first-order chi connectivity index (χ1) is 9.87. The van der Waals surface area contributed by atoms with Gasteiger partial charge in [0, 0.05) is 30.9 Å². The zero-order valence-electron chi connectivity index (χ0n) is 11.9. The average molecular weight is 311 g/mol. The van der Waals surface area contributed by atoms with Crippen LogP contribution >= 0.6 is 0 Å². The molecular weight excluding hydrogens is 290 g/mol. The Morgan fingerprint density at radius 1 is 1.29 bits per heavy atom. The fourth-order valence-electron chi connectivity index (χ4n) is 2.53. The van der Waals surface area contributed by atoms with Crippen LogP contribution in [-0.4, -0.2) is 38.9 Å². The van der Waals surface area contributed by atoms with Crippen LogP contribution < -0.4 is 16.4 Å². The van der Waals surface area contributed by atoms with Gasteiger partial charge in [-0.2, -0.15) is 0 Å². The number of amides is 1. The summed E-state index contributed by atoms with van der Waals surface area (Å²) in [4.78, 5) is 12.8. The zero-order valence-corrected chi connectivity index (χ0v) is 12.7. The van der Waals surface area contributed by atoms with E-state index in [4.69, 9.17) is 11.5 Å². The largest absolute Gasteiger partial charge is 0.399 e. The highest BCUT2D eigenvalue weighted by Gasteiger charge is 2.20. The Kier molecular flexibility index (Phi) is 4.72. The maximum absolute atomic E-state index is 11.9. The molecule has 1 heterocycles. The van der Waals surface area contributed by atoms with E-state index in [-0.39, 0.29) is 17.9 Å². The van der Waals surface area contributed by atoms with E-state index in [1.807, 2.05) is 18.2 Å². The van der Waals surface area contributed by atoms with Gasteiger partial charge >= 0.3 is 0 Å². The smallest absolute Gasteiger partial charge is 0.218 e. The van der Waals surface area contributed by atoms with E-state index in [2.05, 4.69) is 4.90 Å². The lowest BCUT2D eigenvalue weighted by Crippen LogP contribution is -2.34. The van der Waals surface area contributed by atoms with Gasteiger partial charge in [-0.05, 0) is 36.6 Å². The fraction of sp³-hybridized carbons (Fsp3) is 0.500. The summed E-state index contributed by atoms with van der Waals surface area (Å²) < 4.78 is 23.8. The van der Waals surface area contributed by atoms with Gasteiger partial charge in [0.1, 0.15) is 0 Å². The number of benzene rings is 1. The van der Waals surface area contributed by atoms with Crippen molar-refractivity contribution in [1.82, 2.24) is 0 Å². The molecule has 0 aliphatic carbocycles. The number of hydrogen-bond donors (Lipinski definition) is 2. The predicted octanol–water partition coefficient (Wildman–Crippen LogP) is 0.312. The lowest BCUT2D eigenvalue weighted by atomic mass is 10.0. The summed E-state index contributed by atoms with van der Waals surface area (Å²) in [5.41, 5.74) is 13.7. The maximum Gasteiger partial charge on any atom is 0.218 e. The molecule has 0 unspecified atom stereocenters. The second kappa shape index (κ2) is 6.34. The standard InChI is InChI=1S/C14H21N3O3S/c15-12-3-4-13-11(10-12)2-1-6-17(13)7-9-21(19,20)8-5-14(16)18/h3-4,10H,1-2,5-9,15H2,(H2,16,18). The van der Waals surface area contributed by atoms with Crippen LogP contribution in [0, 0.1) is 0 Å². The summed E-state index contributed by atoms with van der Waals surface area (Å²) in [6.45, 7) is 1.26. The van der Waals surface area contributed by atoms with Crippen LogP contribution in [0.3, 0.4) is 0 Å². The molecule has 0 bridgehead atoms. The van der Waals surface area contributed by atoms with Crippen molar-refractivity contribution >= 4 is 27.1 Å². The number of rotatable bonds is 6. The van der Waals surface area contributed by atoms with Crippen LogP contribution in [0.1, 0.15) is 18.4 Å². The first-order valence-electron chi connectivity index (χ1n) is 6.99. The minimum absolute atomic E-state index is 0.0318. The molecule has 0 atom stereocenters. The molecule has 21 heavy (non-hydrogen) atoms. The normalized spacial score (nSPS) is 14.8. The number of sulfone groups is 1. The number of nitrogens with zero attached hydrogens (tertiary/aromatic N) is 1. The number of anilines is 2. The number of carbonyl (C=O) groups is 1. The van der Waals surface area contributed by atoms with Crippen molar-refractivity contribution in [2.24, 2.45) is 5.73 Å². The highest BCUT2D eigenvalue weighted by atomic mass is 32.2. The molecule has 7 heteroatoms. The number of nitrogen functional groups attached to an aromatic ring is 1. The summed E-state index contributed by atoms with van der Waals surface area (Å²) >= 11 is 0. The van der Waals surface area contributed by atoms with Gasteiger partial charge in [0.2, 0.25) is 5.91 Å². The van der Waals surface area contributed by atoms with Gasteiger partial charge in [0.25, 0.3) is 0 Å². The number of primary amides is 1. The number of nitrogens with two attached hydrogens (primary N) is 2. The van der Waals surface area contributed by atoms with Gasteiger partial charge in [0.05, 0.1) is 11.5 Å². The third-order valence-corrected chi connectivity index (χ3v) is 5.28. The van der Waals surface area contributed by atoms with Crippen molar-refractivity contribution < 1.29 is 13.2 Å². The van der Waals surface area contributed by atoms with Crippen molar-refractivity contribution in [3.8, 4) is 0 Å². The van der Waals surface area contributed by atoms with Gasteiger partial charge < -0.3 is 16.4 Å². The molecule has 0 fully saturated rings. The topological polar surface area (TPSA) is 106 Å². The summed E-state index contributed by atoms with van der Waals surface area (Å²) in [5, 5.41) is 0. The molecule has 6 nitrogen and oxygen atoms in total. The SMILES string of the molecule is NC(=O)CCS(=O)(=O)CCN1CCCc2cc(N)ccc21. The third kappa shape index (κ3) is 4.35. The van der Waals surface area contributed by atoms with Crippen LogP contribution in [0.5, 0.6) is 0 Å². The van der Waals surface area contributed by atoms with E-state index in [0.29, 0.717) is 6.54 Å². The first-order valence-corrected chi connectivity index (χ1v) is 8.81.